The van der Waals surface area contributed by atoms with Crippen molar-refractivity contribution in [3.05, 3.63) is 34.9 Å². The van der Waals surface area contributed by atoms with Gasteiger partial charge in [0.05, 0.1) is 11.6 Å². The molecular formula is C15H20ClNO. The van der Waals surface area contributed by atoms with Gasteiger partial charge in [-0.15, -0.1) is 0 Å². The number of hydrogen-bond donors (Lipinski definition) is 0. The van der Waals surface area contributed by atoms with E-state index in [9.17, 15) is 4.79 Å². The number of nitrogens with zero attached hydrogens (tertiary/aromatic N) is 1. The van der Waals surface area contributed by atoms with Crippen molar-refractivity contribution >= 4 is 17.4 Å². The monoisotopic (exact) mass is 265 g/mol. The van der Waals surface area contributed by atoms with E-state index in [4.69, 9.17) is 11.6 Å². The topological polar surface area (TPSA) is 20.3 Å². The van der Waals surface area contributed by atoms with Crippen LogP contribution in [0.3, 0.4) is 0 Å². The molecule has 98 valence electrons. The van der Waals surface area contributed by atoms with Crippen LogP contribution < -0.4 is 0 Å². The number of carbonyl (C=O) groups is 1. The number of benzene rings is 1. The molecule has 18 heavy (non-hydrogen) atoms. The number of carbonyl (C=O) groups excluding carboxylic acids is 1. The van der Waals surface area contributed by atoms with Crippen LogP contribution in [-0.2, 0) is 0 Å². The molecule has 0 aliphatic carbocycles. The second-order valence-corrected chi connectivity index (χ2v) is 5.61. The third kappa shape index (κ3) is 2.93. The Bertz CT molecular complexity index is 422. The van der Waals surface area contributed by atoms with Crippen LogP contribution in [0.15, 0.2) is 24.3 Å². The Morgan fingerprint density at radius 1 is 1.28 bits per heavy atom. The van der Waals surface area contributed by atoms with Crippen molar-refractivity contribution in [2.45, 2.75) is 45.2 Å². The molecule has 2 nitrogen and oxygen atoms in total. The lowest BCUT2D eigenvalue weighted by molar-refractivity contribution is 0.0734. The molecule has 2 atom stereocenters. The Hall–Kier alpha value is -0.860. The summed E-state index contributed by atoms with van der Waals surface area (Å²) in [4.78, 5) is 14.6. The molecule has 1 saturated heterocycles. The van der Waals surface area contributed by atoms with E-state index in [1.165, 1.54) is 19.3 Å². The molecule has 0 radical (unpaired) electrons. The minimum Gasteiger partial charge on any atom is -0.293 e. The highest BCUT2D eigenvalue weighted by atomic mass is 35.5. The van der Waals surface area contributed by atoms with E-state index < -0.39 is 0 Å². The molecule has 1 aromatic carbocycles. The zero-order valence-corrected chi connectivity index (χ0v) is 11.8. The van der Waals surface area contributed by atoms with E-state index in [0.29, 0.717) is 29.2 Å². The molecule has 1 aliphatic heterocycles. The Balaban J connectivity index is 2.09. The molecular weight excluding hydrogens is 246 g/mol. The Labute approximate surface area is 114 Å². The fraction of sp³-hybridized carbons (Fsp3) is 0.533. The maximum Gasteiger partial charge on any atom is 0.178 e. The third-order valence-corrected chi connectivity index (χ3v) is 4.21. The molecule has 0 unspecified atom stereocenters. The Morgan fingerprint density at radius 3 is 2.50 bits per heavy atom. The molecule has 1 aliphatic rings. The number of halogens is 1. The van der Waals surface area contributed by atoms with E-state index in [-0.39, 0.29) is 5.78 Å². The van der Waals surface area contributed by atoms with E-state index in [1.54, 1.807) is 6.07 Å². The fourth-order valence-corrected chi connectivity index (χ4v) is 2.97. The smallest absolute Gasteiger partial charge is 0.178 e. The first-order chi connectivity index (χ1) is 8.59. The fourth-order valence-electron chi connectivity index (χ4n) is 2.72. The molecule has 0 saturated carbocycles. The quantitative estimate of drug-likeness (QED) is 0.775. The first kappa shape index (κ1) is 13.6. The van der Waals surface area contributed by atoms with Crippen molar-refractivity contribution in [2.75, 3.05) is 6.54 Å². The predicted octanol–water partition coefficient (Wildman–Crippen LogP) is 3.79. The van der Waals surface area contributed by atoms with Gasteiger partial charge >= 0.3 is 0 Å². The molecule has 0 bridgehead atoms. The summed E-state index contributed by atoms with van der Waals surface area (Å²) in [6.45, 7) is 4.89. The number of likely N-dealkylation sites (tertiary alicyclic amines) is 1. The molecule has 0 spiro atoms. The van der Waals surface area contributed by atoms with E-state index in [0.717, 1.165) is 0 Å². The number of hydrogen-bond acceptors (Lipinski definition) is 2. The molecule has 3 heteroatoms. The lowest BCUT2D eigenvalue weighted by Crippen LogP contribution is -2.46. The first-order valence-electron chi connectivity index (χ1n) is 6.63. The largest absolute Gasteiger partial charge is 0.293 e. The summed E-state index contributed by atoms with van der Waals surface area (Å²) < 4.78 is 0. The lowest BCUT2D eigenvalue weighted by atomic mass is 9.96. The van der Waals surface area contributed by atoms with Gasteiger partial charge in [0.25, 0.3) is 0 Å². The van der Waals surface area contributed by atoms with Gasteiger partial charge in [0.15, 0.2) is 5.78 Å². The van der Waals surface area contributed by atoms with Gasteiger partial charge in [0, 0.05) is 17.6 Å². The summed E-state index contributed by atoms with van der Waals surface area (Å²) >= 11 is 6.07. The highest BCUT2D eigenvalue weighted by molar-refractivity contribution is 6.34. The summed E-state index contributed by atoms with van der Waals surface area (Å²) in [5, 5.41) is 0.555. The van der Waals surface area contributed by atoms with E-state index in [2.05, 4.69) is 18.7 Å². The second kappa shape index (κ2) is 5.85. The summed E-state index contributed by atoms with van der Waals surface area (Å²) in [5.41, 5.74) is 0.643. The Morgan fingerprint density at radius 2 is 1.89 bits per heavy atom. The standard InChI is InChI=1S/C15H20ClNO/c1-11-6-5-7-12(2)17(11)10-15(18)13-8-3-4-9-14(13)16/h3-4,8-9,11-12H,5-7,10H2,1-2H3/t11-,12+. The summed E-state index contributed by atoms with van der Waals surface area (Å²) in [5.74, 6) is 0.126. The van der Waals surface area contributed by atoms with Gasteiger partial charge in [0.1, 0.15) is 0 Å². The number of piperidine rings is 1. The minimum atomic E-state index is 0.126. The molecule has 0 N–H and O–H groups in total. The van der Waals surface area contributed by atoms with Gasteiger partial charge in [-0.2, -0.15) is 0 Å². The van der Waals surface area contributed by atoms with Crippen molar-refractivity contribution < 1.29 is 4.79 Å². The van der Waals surface area contributed by atoms with E-state index >= 15 is 0 Å². The van der Waals surface area contributed by atoms with Crippen molar-refractivity contribution in [3.8, 4) is 0 Å². The van der Waals surface area contributed by atoms with Gasteiger partial charge < -0.3 is 0 Å². The SMILES string of the molecule is C[C@@H]1CCC[C@H](C)N1CC(=O)c1ccccc1Cl. The summed E-state index contributed by atoms with van der Waals surface area (Å²) in [7, 11) is 0. The average Bonchev–Trinajstić information content (AvgIpc) is 2.34. The van der Waals surface area contributed by atoms with Crippen LogP contribution in [-0.4, -0.2) is 29.3 Å². The zero-order chi connectivity index (χ0) is 13.1. The van der Waals surface area contributed by atoms with Crippen LogP contribution in [0.5, 0.6) is 0 Å². The highest BCUT2D eigenvalue weighted by Crippen LogP contribution is 2.23. The highest BCUT2D eigenvalue weighted by Gasteiger charge is 2.27. The Kier molecular flexibility index (Phi) is 4.41. The summed E-state index contributed by atoms with van der Waals surface area (Å²) in [6.07, 6.45) is 3.62. The third-order valence-electron chi connectivity index (χ3n) is 3.88. The van der Waals surface area contributed by atoms with Gasteiger partial charge in [-0.3, -0.25) is 9.69 Å². The van der Waals surface area contributed by atoms with Crippen molar-refractivity contribution in [1.82, 2.24) is 4.90 Å². The van der Waals surface area contributed by atoms with Gasteiger partial charge in [-0.05, 0) is 38.8 Å². The molecule has 1 heterocycles. The molecule has 0 amide bonds. The van der Waals surface area contributed by atoms with Gasteiger partial charge in [-0.25, -0.2) is 0 Å². The van der Waals surface area contributed by atoms with Gasteiger partial charge in [-0.1, -0.05) is 30.2 Å². The minimum absolute atomic E-state index is 0.126. The van der Waals surface area contributed by atoms with E-state index in [1.807, 2.05) is 18.2 Å². The van der Waals surface area contributed by atoms with Crippen molar-refractivity contribution in [1.29, 1.82) is 0 Å². The van der Waals surface area contributed by atoms with Crippen molar-refractivity contribution in [2.24, 2.45) is 0 Å². The normalized spacial score (nSPS) is 25.1. The van der Waals surface area contributed by atoms with Crippen molar-refractivity contribution in [3.63, 3.8) is 0 Å². The van der Waals surface area contributed by atoms with Gasteiger partial charge in [0.2, 0.25) is 0 Å². The maximum absolute atomic E-state index is 12.3. The van der Waals surface area contributed by atoms with Crippen LogP contribution in [0.25, 0.3) is 0 Å². The first-order valence-corrected chi connectivity index (χ1v) is 7.01. The van der Waals surface area contributed by atoms with Crippen LogP contribution in [0.2, 0.25) is 5.02 Å². The average molecular weight is 266 g/mol. The number of Topliss-reactive ketones (excluding diaryl/α,β-unsaturated/α-hetero) is 1. The van der Waals surface area contributed by atoms with Crippen LogP contribution >= 0.6 is 11.6 Å². The van der Waals surface area contributed by atoms with Crippen LogP contribution in [0.1, 0.15) is 43.5 Å². The van der Waals surface area contributed by atoms with Crippen LogP contribution in [0, 0.1) is 0 Å². The molecule has 1 aromatic rings. The lowest BCUT2D eigenvalue weighted by Gasteiger charge is -2.38. The zero-order valence-electron chi connectivity index (χ0n) is 11.0. The number of rotatable bonds is 3. The molecule has 2 rings (SSSR count). The molecule has 1 fully saturated rings. The second-order valence-electron chi connectivity index (χ2n) is 5.20. The number of ketones is 1. The maximum atomic E-state index is 12.3. The van der Waals surface area contributed by atoms with Crippen LogP contribution in [0.4, 0.5) is 0 Å². The molecule has 0 aromatic heterocycles. The predicted molar refractivity (Wildman–Crippen MR) is 75.3 cm³/mol. The summed E-state index contributed by atoms with van der Waals surface area (Å²) in [6, 6.07) is 8.27.